The van der Waals surface area contributed by atoms with Gasteiger partial charge in [-0.15, -0.1) is 0 Å². The van der Waals surface area contributed by atoms with Gasteiger partial charge < -0.3 is 14.6 Å². The molecule has 19 heavy (non-hydrogen) atoms. The largest absolute Gasteiger partial charge is 0.381 e. The van der Waals surface area contributed by atoms with Crippen LogP contribution in [0.25, 0.3) is 0 Å². The fourth-order valence-electron chi connectivity index (χ4n) is 3.26. The Labute approximate surface area is 115 Å². The van der Waals surface area contributed by atoms with Crippen molar-refractivity contribution in [2.75, 3.05) is 25.1 Å². The molecule has 106 valence electrons. The number of rotatable bonds is 4. The summed E-state index contributed by atoms with van der Waals surface area (Å²) >= 11 is 0. The molecule has 1 atom stereocenters. The van der Waals surface area contributed by atoms with Crippen LogP contribution in [-0.4, -0.2) is 29.3 Å². The molecule has 0 radical (unpaired) electrons. The van der Waals surface area contributed by atoms with Gasteiger partial charge in [-0.3, -0.25) is 0 Å². The molecule has 2 aliphatic rings. The van der Waals surface area contributed by atoms with E-state index in [1.165, 1.54) is 38.5 Å². The zero-order chi connectivity index (χ0) is 13.1. The van der Waals surface area contributed by atoms with E-state index in [1.54, 1.807) is 0 Å². The second-order valence-electron chi connectivity index (χ2n) is 6.02. The standard InChI is InChI=1S/C15H25N3O/c1-12-10-18(14-5-3-2-4-6-14)15(17-12)16-9-13-7-8-19-11-13/h10,13-14H,2-9,11H2,1H3,(H,16,17). The highest BCUT2D eigenvalue weighted by molar-refractivity contribution is 5.30. The first-order valence-electron chi connectivity index (χ1n) is 7.70. The van der Waals surface area contributed by atoms with Crippen molar-refractivity contribution in [2.24, 2.45) is 5.92 Å². The van der Waals surface area contributed by atoms with Crippen LogP contribution in [0.3, 0.4) is 0 Å². The van der Waals surface area contributed by atoms with Crippen molar-refractivity contribution >= 4 is 5.95 Å². The second kappa shape index (κ2) is 5.95. The van der Waals surface area contributed by atoms with E-state index in [1.807, 2.05) is 0 Å². The molecule has 1 saturated carbocycles. The number of anilines is 1. The topological polar surface area (TPSA) is 39.1 Å². The molecule has 1 aliphatic heterocycles. The van der Waals surface area contributed by atoms with Gasteiger partial charge in [-0.1, -0.05) is 19.3 Å². The molecule has 2 fully saturated rings. The van der Waals surface area contributed by atoms with Gasteiger partial charge in [0.05, 0.1) is 12.3 Å². The number of aryl methyl sites for hydroxylation is 1. The highest BCUT2D eigenvalue weighted by atomic mass is 16.5. The van der Waals surface area contributed by atoms with Gasteiger partial charge in [0.2, 0.25) is 5.95 Å². The Morgan fingerprint density at radius 3 is 2.89 bits per heavy atom. The first kappa shape index (κ1) is 13.0. The van der Waals surface area contributed by atoms with E-state index in [9.17, 15) is 0 Å². The molecule has 0 amide bonds. The lowest BCUT2D eigenvalue weighted by Crippen LogP contribution is -2.19. The highest BCUT2D eigenvalue weighted by Crippen LogP contribution is 2.31. The normalized spacial score (nSPS) is 24.8. The molecule has 1 aromatic rings. The average Bonchev–Trinajstić information content (AvgIpc) is 3.06. The summed E-state index contributed by atoms with van der Waals surface area (Å²) in [7, 11) is 0. The van der Waals surface area contributed by atoms with Crippen molar-refractivity contribution in [1.82, 2.24) is 9.55 Å². The molecule has 4 heteroatoms. The smallest absolute Gasteiger partial charge is 0.203 e. The molecular formula is C15H25N3O. The van der Waals surface area contributed by atoms with Crippen LogP contribution in [0.1, 0.15) is 50.3 Å². The number of hydrogen-bond acceptors (Lipinski definition) is 3. The molecule has 1 aliphatic carbocycles. The summed E-state index contributed by atoms with van der Waals surface area (Å²) in [5.74, 6) is 1.72. The van der Waals surface area contributed by atoms with E-state index in [0.29, 0.717) is 12.0 Å². The van der Waals surface area contributed by atoms with Crippen LogP contribution >= 0.6 is 0 Å². The van der Waals surface area contributed by atoms with Gasteiger partial charge >= 0.3 is 0 Å². The minimum Gasteiger partial charge on any atom is -0.381 e. The van der Waals surface area contributed by atoms with Gasteiger partial charge in [0.25, 0.3) is 0 Å². The molecule has 1 saturated heterocycles. The molecular weight excluding hydrogens is 238 g/mol. The minimum absolute atomic E-state index is 0.650. The van der Waals surface area contributed by atoms with Crippen LogP contribution < -0.4 is 5.32 Å². The monoisotopic (exact) mass is 263 g/mol. The summed E-state index contributed by atoms with van der Waals surface area (Å²) in [4.78, 5) is 4.66. The van der Waals surface area contributed by atoms with Crippen LogP contribution in [0.15, 0.2) is 6.20 Å². The van der Waals surface area contributed by atoms with Crippen LogP contribution in [0, 0.1) is 12.8 Å². The zero-order valence-corrected chi connectivity index (χ0v) is 11.9. The van der Waals surface area contributed by atoms with Crippen LogP contribution in [0.2, 0.25) is 0 Å². The van der Waals surface area contributed by atoms with Crippen molar-refractivity contribution in [1.29, 1.82) is 0 Å². The summed E-state index contributed by atoms with van der Waals surface area (Å²) in [5.41, 5.74) is 1.12. The number of imidazole rings is 1. The predicted molar refractivity (Wildman–Crippen MR) is 76.5 cm³/mol. The molecule has 2 heterocycles. The Balaban J connectivity index is 1.65. The van der Waals surface area contributed by atoms with Crippen molar-refractivity contribution in [3.8, 4) is 0 Å². The summed E-state index contributed by atoms with van der Waals surface area (Å²) in [5, 5.41) is 3.55. The Bertz CT molecular complexity index is 404. The second-order valence-corrected chi connectivity index (χ2v) is 6.02. The van der Waals surface area contributed by atoms with Gasteiger partial charge in [0.1, 0.15) is 0 Å². The highest BCUT2D eigenvalue weighted by Gasteiger charge is 2.20. The third-order valence-electron chi connectivity index (χ3n) is 4.39. The molecule has 0 aromatic carbocycles. The van der Waals surface area contributed by atoms with Crippen LogP contribution in [-0.2, 0) is 4.74 Å². The van der Waals surface area contributed by atoms with E-state index in [4.69, 9.17) is 4.74 Å². The van der Waals surface area contributed by atoms with Crippen LogP contribution in [0.4, 0.5) is 5.95 Å². The summed E-state index contributed by atoms with van der Waals surface area (Å²) < 4.78 is 7.81. The average molecular weight is 263 g/mol. The maximum Gasteiger partial charge on any atom is 0.203 e. The maximum absolute atomic E-state index is 5.43. The molecule has 3 rings (SSSR count). The van der Waals surface area contributed by atoms with Crippen LogP contribution in [0.5, 0.6) is 0 Å². The van der Waals surface area contributed by atoms with Gasteiger partial charge in [-0.25, -0.2) is 4.98 Å². The van der Waals surface area contributed by atoms with E-state index in [-0.39, 0.29) is 0 Å². The SMILES string of the molecule is Cc1cn(C2CCCCC2)c(NCC2CCOC2)n1. The lowest BCUT2D eigenvalue weighted by molar-refractivity contribution is 0.187. The number of ether oxygens (including phenoxy) is 1. The third-order valence-corrected chi connectivity index (χ3v) is 4.39. The summed E-state index contributed by atoms with van der Waals surface area (Å²) in [6.07, 6.45) is 10.1. The summed E-state index contributed by atoms with van der Waals surface area (Å²) in [6.45, 7) is 4.89. The Hall–Kier alpha value is -1.03. The van der Waals surface area contributed by atoms with E-state index >= 15 is 0 Å². The molecule has 0 spiro atoms. The molecule has 1 unspecified atom stereocenters. The third kappa shape index (κ3) is 3.11. The first-order chi connectivity index (χ1) is 9.33. The molecule has 1 aromatic heterocycles. The number of hydrogen-bond donors (Lipinski definition) is 1. The number of nitrogens with one attached hydrogen (secondary N) is 1. The van der Waals surface area contributed by atoms with E-state index in [0.717, 1.165) is 31.4 Å². The predicted octanol–water partition coefficient (Wildman–Crippen LogP) is 3.15. The van der Waals surface area contributed by atoms with Gasteiger partial charge in [0, 0.05) is 31.3 Å². The lowest BCUT2D eigenvalue weighted by atomic mass is 9.95. The first-order valence-corrected chi connectivity index (χ1v) is 7.70. The van der Waals surface area contributed by atoms with Gasteiger partial charge in [-0.2, -0.15) is 0 Å². The van der Waals surface area contributed by atoms with Gasteiger partial charge in [-0.05, 0) is 26.2 Å². The van der Waals surface area contributed by atoms with Crippen molar-refractivity contribution in [3.05, 3.63) is 11.9 Å². The lowest BCUT2D eigenvalue weighted by Gasteiger charge is -2.25. The minimum atomic E-state index is 0.650. The zero-order valence-electron chi connectivity index (χ0n) is 11.9. The maximum atomic E-state index is 5.43. The fourth-order valence-corrected chi connectivity index (χ4v) is 3.26. The molecule has 1 N–H and O–H groups in total. The molecule has 0 bridgehead atoms. The number of aromatic nitrogens is 2. The quantitative estimate of drug-likeness (QED) is 0.907. The Kier molecular flexibility index (Phi) is 4.06. The van der Waals surface area contributed by atoms with Crippen molar-refractivity contribution in [2.45, 2.75) is 51.5 Å². The molecule has 4 nitrogen and oxygen atoms in total. The van der Waals surface area contributed by atoms with E-state index < -0.39 is 0 Å². The Morgan fingerprint density at radius 1 is 1.32 bits per heavy atom. The number of nitrogens with zero attached hydrogens (tertiary/aromatic N) is 2. The van der Waals surface area contributed by atoms with E-state index in [2.05, 4.69) is 28.0 Å². The van der Waals surface area contributed by atoms with Crippen molar-refractivity contribution < 1.29 is 4.74 Å². The Morgan fingerprint density at radius 2 is 2.16 bits per heavy atom. The summed E-state index contributed by atoms with van der Waals surface area (Å²) in [6, 6.07) is 0.650. The van der Waals surface area contributed by atoms with Crippen molar-refractivity contribution in [3.63, 3.8) is 0 Å². The van der Waals surface area contributed by atoms with Gasteiger partial charge in [0.15, 0.2) is 0 Å². The fraction of sp³-hybridized carbons (Fsp3) is 0.800.